The summed E-state index contributed by atoms with van der Waals surface area (Å²) in [5, 5.41) is 12.2. The molecule has 1 unspecified atom stereocenters. The Labute approximate surface area is 99.2 Å². The standard InChI is InChI=1S/C12H15NO2S/c1-7-3-4-9(8(2)5-7)11-13-10(6-16-11)12(14)15/h3-5,10-11,13H,6H2,1-2H3,(H,14,15)/t10-,11?/m0/s1. The van der Waals surface area contributed by atoms with Crippen LogP contribution in [0, 0.1) is 13.8 Å². The molecule has 1 aromatic carbocycles. The maximum absolute atomic E-state index is 10.8. The molecule has 0 amide bonds. The van der Waals surface area contributed by atoms with Gasteiger partial charge >= 0.3 is 5.97 Å². The molecule has 1 fully saturated rings. The van der Waals surface area contributed by atoms with Gasteiger partial charge in [0.1, 0.15) is 6.04 Å². The predicted molar refractivity (Wildman–Crippen MR) is 65.7 cm³/mol. The van der Waals surface area contributed by atoms with Crippen LogP contribution in [0.25, 0.3) is 0 Å². The van der Waals surface area contributed by atoms with Crippen LogP contribution in [0.2, 0.25) is 0 Å². The first kappa shape index (κ1) is 11.5. The molecular formula is C12H15NO2S. The van der Waals surface area contributed by atoms with Crippen molar-refractivity contribution < 1.29 is 9.90 Å². The van der Waals surface area contributed by atoms with Crippen LogP contribution >= 0.6 is 11.8 Å². The fraction of sp³-hybridized carbons (Fsp3) is 0.417. The van der Waals surface area contributed by atoms with Crippen molar-refractivity contribution in [3.05, 3.63) is 34.9 Å². The van der Waals surface area contributed by atoms with Gasteiger partial charge < -0.3 is 5.11 Å². The van der Waals surface area contributed by atoms with Crippen molar-refractivity contribution in [3.8, 4) is 0 Å². The number of carbonyl (C=O) groups is 1. The molecule has 0 aromatic heterocycles. The Bertz CT molecular complexity index is 419. The van der Waals surface area contributed by atoms with E-state index in [1.54, 1.807) is 11.8 Å². The second kappa shape index (κ2) is 4.47. The third kappa shape index (κ3) is 2.23. The molecule has 1 aromatic rings. The molecule has 1 aliphatic heterocycles. The van der Waals surface area contributed by atoms with Crippen molar-refractivity contribution >= 4 is 17.7 Å². The minimum Gasteiger partial charge on any atom is -0.480 e. The molecule has 0 saturated carbocycles. The molecule has 1 heterocycles. The summed E-state index contributed by atoms with van der Waals surface area (Å²) in [6, 6.07) is 5.86. The van der Waals surface area contributed by atoms with Gasteiger partial charge in [-0.3, -0.25) is 10.1 Å². The normalized spacial score (nSPS) is 24.6. The highest BCUT2D eigenvalue weighted by molar-refractivity contribution is 7.99. The van der Waals surface area contributed by atoms with Crippen molar-refractivity contribution in [2.45, 2.75) is 25.3 Å². The van der Waals surface area contributed by atoms with Gasteiger partial charge in [-0.1, -0.05) is 23.8 Å². The summed E-state index contributed by atoms with van der Waals surface area (Å²) in [5.74, 6) is -0.132. The number of benzene rings is 1. The fourth-order valence-electron chi connectivity index (χ4n) is 1.91. The van der Waals surface area contributed by atoms with E-state index in [4.69, 9.17) is 5.11 Å². The topological polar surface area (TPSA) is 49.3 Å². The van der Waals surface area contributed by atoms with E-state index in [1.165, 1.54) is 16.7 Å². The first-order valence-electron chi connectivity index (χ1n) is 5.25. The summed E-state index contributed by atoms with van der Waals surface area (Å²) >= 11 is 1.66. The van der Waals surface area contributed by atoms with E-state index in [9.17, 15) is 4.79 Å². The average Bonchev–Trinajstić information content (AvgIpc) is 2.66. The Morgan fingerprint density at radius 3 is 2.81 bits per heavy atom. The Balaban J connectivity index is 2.17. The lowest BCUT2D eigenvalue weighted by Gasteiger charge is -2.14. The highest BCUT2D eigenvalue weighted by Crippen LogP contribution is 2.34. The molecular weight excluding hydrogens is 222 g/mol. The van der Waals surface area contributed by atoms with Crippen molar-refractivity contribution in [2.75, 3.05) is 5.75 Å². The summed E-state index contributed by atoms with van der Waals surface area (Å²) < 4.78 is 0. The first-order valence-corrected chi connectivity index (χ1v) is 6.30. The number of rotatable bonds is 2. The summed E-state index contributed by atoms with van der Waals surface area (Å²) in [6.07, 6.45) is 0. The molecule has 2 N–H and O–H groups in total. The van der Waals surface area contributed by atoms with Gasteiger partial charge in [0.05, 0.1) is 5.37 Å². The lowest BCUT2D eigenvalue weighted by molar-refractivity contribution is -0.138. The van der Waals surface area contributed by atoms with Gasteiger partial charge in [0.15, 0.2) is 0 Å². The highest BCUT2D eigenvalue weighted by Gasteiger charge is 2.30. The fourth-order valence-corrected chi connectivity index (χ4v) is 3.24. The molecule has 3 nitrogen and oxygen atoms in total. The molecule has 0 aliphatic carbocycles. The maximum Gasteiger partial charge on any atom is 0.321 e. The summed E-state index contributed by atoms with van der Waals surface area (Å²) in [4.78, 5) is 10.8. The Hall–Kier alpha value is -1.00. The molecule has 16 heavy (non-hydrogen) atoms. The maximum atomic E-state index is 10.8. The molecule has 0 spiro atoms. The number of carboxylic acids is 1. The van der Waals surface area contributed by atoms with Crippen LogP contribution in [0.5, 0.6) is 0 Å². The van der Waals surface area contributed by atoms with Crippen molar-refractivity contribution in [1.29, 1.82) is 0 Å². The van der Waals surface area contributed by atoms with Gasteiger partial charge in [0.2, 0.25) is 0 Å². The summed E-state index contributed by atoms with van der Waals surface area (Å²) in [6.45, 7) is 4.13. The number of aryl methyl sites for hydroxylation is 2. The quantitative estimate of drug-likeness (QED) is 0.827. The van der Waals surface area contributed by atoms with Crippen LogP contribution in [0.15, 0.2) is 18.2 Å². The molecule has 4 heteroatoms. The van der Waals surface area contributed by atoms with Crippen LogP contribution in [0.1, 0.15) is 22.1 Å². The van der Waals surface area contributed by atoms with Gasteiger partial charge in [0, 0.05) is 5.75 Å². The molecule has 1 aliphatic rings. The van der Waals surface area contributed by atoms with Crippen LogP contribution in [-0.4, -0.2) is 22.9 Å². The lowest BCUT2D eigenvalue weighted by atomic mass is 10.1. The number of carboxylic acid groups (broad SMARTS) is 1. The van der Waals surface area contributed by atoms with Gasteiger partial charge in [-0.15, -0.1) is 11.8 Å². The Kier molecular flexibility index (Phi) is 3.21. The zero-order valence-corrected chi connectivity index (χ0v) is 10.2. The predicted octanol–water partition coefficient (Wildman–Crippen LogP) is 2.09. The van der Waals surface area contributed by atoms with E-state index < -0.39 is 12.0 Å². The highest BCUT2D eigenvalue weighted by atomic mass is 32.2. The minimum absolute atomic E-state index is 0.113. The van der Waals surface area contributed by atoms with Crippen LogP contribution in [0.4, 0.5) is 0 Å². The number of nitrogens with one attached hydrogen (secondary N) is 1. The first-order chi connectivity index (χ1) is 7.58. The largest absolute Gasteiger partial charge is 0.480 e. The monoisotopic (exact) mass is 237 g/mol. The van der Waals surface area contributed by atoms with Gasteiger partial charge in [0.25, 0.3) is 0 Å². The van der Waals surface area contributed by atoms with E-state index in [2.05, 4.69) is 37.4 Å². The van der Waals surface area contributed by atoms with Gasteiger partial charge in [-0.2, -0.15) is 0 Å². The van der Waals surface area contributed by atoms with Gasteiger partial charge in [-0.05, 0) is 25.0 Å². The lowest BCUT2D eigenvalue weighted by Crippen LogP contribution is -2.33. The van der Waals surface area contributed by atoms with E-state index in [-0.39, 0.29) is 5.37 Å². The van der Waals surface area contributed by atoms with E-state index >= 15 is 0 Å². The zero-order valence-electron chi connectivity index (χ0n) is 9.36. The third-order valence-electron chi connectivity index (χ3n) is 2.79. The Morgan fingerprint density at radius 1 is 1.50 bits per heavy atom. The molecule has 2 rings (SSSR count). The number of hydrogen-bond acceptors (Lipinski definition) is 3. The van der Waals surface area contributed by atoms with Crippen LogP contribution in [0.3, 0.4) is 0 Å². The Morgan fingerprint density at radius 2 is 2.25 bits per heavy atom. The van der Waals surface area contributed by atoms with Crippen molar-refractivity contribution in [2.24, 2.45) is 0 Å². The SMILES string of the molecule is Cc1ccc(C2N[C@H](C(=O)O)CS2)c(C)c1. The molecule has 86 valence electrons. The molecule has 0 radical (unpaired) electrons. The number of aliphatic carboxylic acids is 1. The smallest absolute Gasteiger partial charge is 0.321 e. The van der Waals surface area contributed by atoms with E-state index in [0.717, 1.165) is 0 Å². The van der Waals surface area contributed by atoms with Crippen LogP contribution in [-0.2, 0) is 4.79 Å². The van der Waals surface area contributed by atoms with E-state index in [0.29, 0.717) is 5.75 Å². The number of thioether (sulfide) groups is 1. The number of hydrogen-bond donors (Lipinski definition) is 2. The minimum atomic E-state index is -0.764. The summed E-state index contributed by atoms with van der Waals surface area (Å²) in [7, 11) is 0. The summed E-state index contributed by atoms with van der Waals surface area (Å²) in [5.41, 5.74) is 3.65. The van der Waals surface area contributed by atoms with E-state index in [1.807, 2.05) is 0 Å². The van der Waals surface area contributed by atoms with Crippen molar-refractivity contribution in [3.63, 3.8) is 0 Å². The molecule has 0 bridgehead atoms. The average molecular weight is 237 g/mol. The van der Waals surface area contributed by atoms with Gasteiger partial charge in [-0.25, -0.2) is 0 Å². The second-order valence-electron chi connectivity index (χ2n) is 4.13. The zero-order chi connectivity index (χ0) is 11.7. The molecule has 2 atom stereocenters. The van der Waals surface area contributed by atoms with Crippen LogP contribution < -0.4 is 5.32 Å². The van der Waals surface area contributed by atoms with Crippen molar-refractivity contribution in [1.82, 2.24) is 5.32 Å². The second-order valence-corrected chi connectivity index (χ2v) is 5.27. The third-order valence-corrected chi connectivity index (χ3v) is 4.04. The molecule has 1 saturated heterocycles.